The molecule has 1 amide bonds. The molecule has 0 saturated heterocycles. The highest BCUT2D eigenvalue weighted by atomic mass is 79.9. The predicted molar refractivity (Wildman–Crippen MR) is 72.9 cm³/mol. The number of anilines is 1. The van der Waals surface area contributed by atoms with Crippen molar-refractivity contribution >= 4 is 27.5 Å². The molecule has 1 N–H and O–H groups in total. The number of carbonyl (C=O) groups is 1. The largest absolute Gasteiger partial charge is 0.496 e. The van der Waals surface area contributed by atoms with E-state index in [1.807, 2.05) is 6.07 Å². The summed E-state index contributed by atoms with van der Waals surface area (Å²) < 4.78 is 5.98. The van der Waals surface area contributed by atoms with Crippen LogP contribution in [0, 0.1) is 0 Å². The van der Waals surface area contributed by atoms with Crippen molar-refractivity contribution in [3.63, 3.8) is 0 Å². The fourth-order valence-corrected chi connectivity index (χ4v) is 1.85. The highest BCUT2D eigenvalue weighted by Crippen LogP contribution is 2.23. The summed E-state index contributed by atoms with van der Waals surface area (Å²) in [6.45, 7) is 0. The van der Waals surface area contributed by atoms with Crippen LogP contribution < -0.4 is 10.1 Å². The summed E-state index contributed by atoms with van der Waals surface area (Å²) in [5.41, 5.74) is 1.11. The SMILES string of the molecule is COc1ccc(Br)cc1C(=O)Nc1cccnc1. The lowest BCUT2D eigenvalue weighted by Crippen LogP contribution is -2.13. The first kappa shape index (κ1) is 12.6. The molecule has 0 atom stereocenters. The molecule has 0 aliphatic carbocycles. The van der Waals surface area contributed by atoms with Crippen molar-refractivity contribution in [2.75, 3.05) is 12.4 Å². The van der Waals surface area contributed by atoms with Crippen molar-refractivity contribution in [3.8, 4) is 5.75 Å². The Morgan fingerprint density at radius 1 is 1.39 bits per heavy atom. The lowest BCUT2D eigenvalue weighted by molar-refractivity contribution is 0.102. The third kappa shape index (κ3) is 2.87. The average molecular weight is 307 g/mol. The van der Waals surface area contributed by atoms with E-state index >= 15 is 0 Å². The number of methoxy groups -OCH3 is 1. The van der Waals surface area contributed by atoms with Gasteiger partial charge >= 0.3 is 0 Å². The first-order valence-corrected chi connectivity index (χ1v) is 6.05. The van der Waals surface area contributed by atoms with E-state index in [1.165, 1.54) is 7.11 Å². The van der Waals surface area contributed by atoms with Gasteiger partial charge in [0, 0.05) is 10.7 Å². The van der Waals surface area contributed by atoms with Gasteiger partial charge in [-0.05, 0) is 30.3 Å². The molecule has 18 heavy (non-hydrogen) atoms. The van der Waals surface area contributed by atoms with E-state index in [4.69, 9.17) is 4.74 Å². The van der Waals surface area contributed by atoms with Crippen LogP contribution in [0.1, 0.15) is 10.4 Å². The Bertz CT molecular complexity index is 558. The Labute approximate surface area is 113 Å². The van der Waals surface area contributed by atoms with E-state index < -0.39 is 0 Å². The van der Waals surface area contributed by atoms with Crippen LogP contribution in [-0.4, -0.2) is 18.0 Å². The van der Waals surface area contributed by atoms with Crippen molar-refractivity contribution in [2.45, 2.75) is 0 Å². The van der Waals surface area contributed by atoms with Crippen LogP contribution in [0.15, 0.2) is 47.2 Å². The molecule has 0 spiro atoms. The molecule has 4 nitrogen and oxygen atoms in total. The van der Waals surface area contributed by atoms with Crippen molar-refractivity contribution in [1.82, 2.24) is 4.98 Å². The van der Waals surface area contributed by atoms with Gasteiger partial charge in [-0.3, -0.25) is 9.78 Å². The number of amides is 1. The van der Waals surface area contributed by atoms with Crippen LogP contribution >= 0.6 is 15.9 Å². The molecular formula is C13H11BrN2O2. The molecular weight excluding hydrogens is 296 g/mol. The Hall–Kier alpha value is -1.88. The van der Waals surface area contributed by atoms with E-state index in [-0.39, 0.29) is 5.91 Å². The maximum absolute atomic E-state index is 12.1. The molecule has 2 rings (SSSR count). The number of halogens is 1. The molecule has 0 radical (unpaired) electrons. The zero-order valence-corrected chi connectivity index (χ0v) is 11.3. The van der Waals surface area contributed by atoms with Crippen molar-refractivity contribution in [2.24, 2.45) is 0 Å². The minimum atomic E-state index is -0.235. The van der Waals surface area contributed by atoms with Gasteiger partial charge in [-0.2, -0.15) is 0 Å². The second-order valence-electron chi connectivity index (χ2n) is 3.54. The number of hydrogen-bond donors (Lipinski definition) is 1. The summed E-state index contributed by atoms with van der Waals surface area (Å²) in [6.07, 6.45) is 3.23. The molecule has 1 aromatic carbocycles. The van der Waals surface area contributed by atoms with Gasteiger partial charge in [0.05, 0.1) is 24.6 Å². The molecule has 92 valence electrons. The van der Waals surface area contributed by atoms with Crippen LogP contribution in [0.2, 0.25) is 0 Å². The first-order valence-electron chi connectivity index (χ1n) is 5.25. The average Bonchev–Trinajstić information content (AvgIpc) is 2.40. The zero-order valence-electron chi connectivity index (χ0n) is 9.68. The Morgan fingerprint density at radius 3 is 2.89 bits per heavy atom. The maximum Gasteiger partial charge on any atom is 0.259 e. The second-order valence-corrected chi connectivity index (χ2v) is 4.46. The predicted octanol–water partition coefficient (Wildman–Crippen LogP) is 3.11. The summed E-state index contributed by atoms with van der Waals surface area (Å²) in [5.74, 6) is 0.292. The maximum atomic E-state index is 12.1. The number of nitrogens with zero attached hydrogens (tertiary/aromatic N) is 1. The van der Waals surface area contributed by atoms with Crippen LogP contribution in [0.4, 0.5) is 5.69 Å². The highest BCUT2D eigenvalue weighted by molar-refractivity contribution is 9.10. The summed E-state index contributed by atoms with van der Waals surface area (Å²) in [5, 5.41) is 2.76. The van der Waals surface area contributed by atoms with Gasteiger partial charge in [-0.25, -0.2) is 0 Å². The molecule has 0 aliphatic rings. The number of nitrogens with one attached hydrogen (secondary N) is 1. The van der Waals surface area contributed by atoms with Gasteiger partial charge in [-0.1, -0.05) is 15.9 Å². The molecule has 2 aromatic rings. The molecule has 1 heterocycles. The number of hydrogen-bond acceptors (Lipinski definition) is 3. The zero-order chi connectivity index (χ0) is 13.0. The number of ether oxygens (including phenoxy) is 1. The van der Waals surface area contributed by atoms with E-state index in [0.717, 1.165) is 4.47 Å². The van der Waals surface area contributed by atoms with Gasteiger partial charge in [-0.15, -0.1) is 0 Å². The van der Waals surface area contributed by atoms with Gasteiger partial charge in [0.2, 0.25) is 0 Å². The highest BCUT2D eigenvalue weighted by Gasteiger charge is 2.12. The van der Waals surface area contributed by atoms with Crippen molar-refractivity contribution in [3.05, 3.63) is 52.8 Å². The van der Waals surface area contributed by atoms with Crippen LogP contribution in [-0.2, 0) is 0 Å². The van der Waals surface area contributed by atoms with Gasteiger partial charge < -0.3 is 10.1 Å². The van der Waals surface area contributed by atoms with Crippen molar-refractivity contribution < 1.29 is 9.53 Å². The Kier molecular flexibility index (Phi) is 3.94. The molecule has 0 unspecified atom stereocenters. The third-order valence-corrected chi connectivity index (χ3v) is 2.82. The monoisotopic (exact) mass is 306 g/mol. The lowest BCUT2D eigenvalue weighted by atomic mass is 10.2. The normalized spacial score (nSPS) is 9.89. The second kappa shape index (κ2) is 5.64. The molecule has 0 bridgehead atoms. The standard InChI is InChI=1S/C13H11BrN2O2/c1-18-12-5-4-9(14)7-11(12)13(17)16-10-3-2-6-15-8-10/h2-8H,1H3,(H,16,17). The number of aromatic nitrogens is 1. The van der Waals surface area contributed by atoms with Crippen LogP contribution in [0.25, 0.3) is 0 Å². The van der Waals surface area contributed by atoms with Gasteiger partial charge in [0.1, 0.15) is 5.75 Å². The van der Waals surface area contributed by atoms with Crippen LogP contribution in [0.5, 0.6) is 5.75 Å². The van der Waals surface area contributed by atoms with E-state index in [0.29, 0.717) is 17.0 Å². The molecule has 0 saturated carbocycles. The summed E-state index contributed by atoms with van der Waals surface area (Å²) in [6, 6.07) is 8.80. The first-order chi connectivity index (χ1) is 8.70. The Morgan fingerprint density at radius 2 is 2.22 bits per heavy atom. The number of rotatable bonds is 3. The number of benzene rings is 1. The summed E-state index contributed by atoms with van der Waals surface area (Å²) in [4.78, 5) is 16.0. The summed E-state index contributed by atoms with van der Waals surface area (Å²) in [7, 11) is 1.53. The fourth-order valence-electron chi connectivity index (χ4n) is 1.49. The van der Waals surface area contributed by atoms with Gasteiger partial charge in [0.15, 0.2) is 0 Å². The lowest BCUT2D eigenvalue weighted by Gasteiger charge is -2.09. The topological polar surface area (TPSA) is 51.2 Å². The van der Waals surface area contributed by atoms with Crippen molar-refractivity contribution in [1.29, 1.82) is 0 Å². The molecule has 0 fully saturated rings. The van der Waals surface area contributed by atoms with Gasteiger partial charge in [0.25, 0.3) is 5.91 Å². The van der Waals surface area contributed by atoms with E-state index in [1.54, 1.807) is 36.7 Å². The molecule has 5 heteroatoms. The minimum Gasteiger partial charge on any atom is -0.496 e. The minimum absolute atomic E-state index is 0.235. The van der Waals surface area contributed by atoms with Crippen LogP contribution in [0.3, 0.4) is 0 Å². The quantitative estimate of drug-likeness (QED) is 0.948. The Balaban J connectivity index is 2.26. The number of pyridine rings is 1. The fraction of sp³-hybridized carbons (Fsp3) is 0.0769. The molecule has 0 aliphatic heterocycles. The van der Waals surface area contributed by atoms with E-state index in [9.17, 15) is 4.79 Å². The molecule has 1 aromatic heterocycles. The third-order valence-electron chi connectivity index (χ3n) is 2.33. The smallest absolute Gasteiger partial charge is 0.259 e. The van der Waals surface area contributed by atoms with E-state index in [2.05, 4.69) is 26.2 Å². The summed E-state index contributed by atoms with van der Waals surface area (Å²) >= 11 is 3.33. The number of carbonyl (C=O) groups excluding carboxylic acids is 1.